The summed E-state index contributed by atoms with van der Waals surface area (Å²) in [6.07, 6.45) is 6.95. The van der Waals surface area contributed by atoms with Crippen LogP contribution in [0, 0.1) is 29.1 Å². The van der Waals surface area contributed by atoms with Gasteiger partial charge in [-0.25, -0.2) is 0 Å². The third-order valence-electron chi connectivity index (χ3n) is 4.59. The van der Waals surface area contributed by atoms with Crippen molar-refractivity contribution >= 4 is 0 Å². The Morgan fingerprint density at radius 1 is 1.20 bits per heavy atom. The van der Waals surface area contributed by atoms with E-state index in [1.54, 1.807) is 5.57 Å². The molecule has 2 rings (SSSR count). The summed E-state index contributed by atoms with van der Waals surface area (Å²) in [5, 5.41) is 0. The molecule has 0 unspecified atom stereocenters. The molecule has 0 aromatic heterocycles. The molecule has 0 saturated heterocycles. The molecule has 0 aromatic carbocycles. The summed E-state index contributed by atoms with van der Waals surface area (Å²) in [6.45, 7) is 11.9. The van der Waals surface area contributed by atoms with Gasteiger partial charge in [0.15, 0.2) is 0 Å². The standard InChI is InChI=1S/C15H26/c1-10(2)11-6-12-8-14(15(3,4)5)9-13(12)7-11/h8,10-13H,6-7,9H2,1-5H3/t11-,12+,13-/m0/s1. The Bertz CT molecular complexity index is 264. The molecule has 2 aliphatic carbocycles. The van der Waals surface area contributed by atoms with Crippen LogP contribution in [0.15, 0.2) is 11.6 Å². The van der Waals surface area contributed by atoms with Crippen molar-refractivity contribution in [3.63, 3.8) is 0 Å². The normalized spacial score (nSPS) is 35.9. The monoisotopic (exact) mass is 206 g/mol. The van der Waals surface area contributed by atoms with Crippen LogP contribution < -0.4 is 0 Å². The van der Waals surface area contributed by atoms with Gasteiger partial charge in [-0.15, -0.1) is 0 Å². The molecule has 2 aliphatic rings. The minimum atomic E-state index is 0.414. The minimum Gasteiger partial charge on any atom is -0.0814 e. The van der Waals surface area contributed by atoms with Crippen molar-refractivity contribution in [3.05, 3.63) is 11.6 Å². The van der Waals surface area contributed by atoms with Gasteiger partial charge < -0.3 is 0 Å². The Kier molecular flexibility index (Phi) is 2.73. The Hall–Kier alpha value is -0.260. The number of fused-ring (bicyclic) bond motifs is 1. The van der Waals surface area contributed by atoms with Crippen molar-refractivity contribution in [1.29, 1.82) is 0 Å². The molecule has 0 N–H and O–H groups in total. The highest BCUT2D eigenvalue weighted by Gasteiger charge is 2.40. The molecule has 0 amide bonds. The summed E-state index contributed by atoms with van der Waals surface area (Å²) in [5.74, 6) is 3.80. The van der Waals surface area contributed by atoms with Crippen molar-refractivity contribution in [2.45, 2.75) is 53.9 Å². The second-order valence-electron chi connectivity index (χ2n) is 7.05. The van der Waals surface area contributed by atoms with E-state index in [0.717, 1.165) is 23.7 Å². The molecule has 0 heterocycles. The molecule has 15 heavy (non-hydrogen) atoms. The molecule has 0 spiro atoms. The van der Waals surface area contributed by atoms with Gasteiger partial charge in [0.05, 0.1) is 0 Å². The zero-order valence-electron chi connectivity index (χ0n) is 11.0. The quantitative estimate of drug-likeness (QED) is 0.547. The molecule has 0 bridgehead atoms. The van der Waals surface area contributed by atoms with Crippen LogP contribution in [0.4, 0.5) is 0 Å². The van der Waals surface area contributed by atoms with E-state index in [4.69, 9.17) is 0 Å². The number of allylic oxidation sites excluding steroid dienone is 2. The SMILES string of the molecule is CC(C)[C@@H]1C[C@H]2CC(C(C)(C)C)=C[C@H]2C1. The van der Waals surface area contributed by atoms with Gasteiger partial charge in [0, 0.05) is 0 Å². The van der Waals surface area contributed by atoms with E-state index >= 15 is 0 Å². The predicted octanol–water partition coefficient (Wildman–Crippen LogP) is 4.66. The maximum Gasteiger partial charge on any atom is -0.0173 e. The van der Waals surface area contributed by atoms with E-state index in [1.807, 2.05) is 0 Å². The van der Waals surface area contributed by atoms with Gasteiger partial charge in [-0.3, -0.25) is 0 Å². The highest BCUT2D eigenvalue weighted by Crippen LogP contribution is 2.51. The van der Waals surface area contributed by atoms with Crippen molar-refractivity contribution < 1.29 is 0 Å². The molecule has 0 nitrogen and oxygen atoms in total. The Balaban J connectivity index is 2.04. The molecule has 86 valence electrons. The highest BCUT2D eigenvalue weighted by atomic mass is 14.4. The molecule has 1 fully saturated rings. The van der Waals surface area contributed by atoms with Crippen LogP contribution in [-0.4, -0.2) is 0 Å². The van der Waals surface area contributed by atoms with E-state index in [-0.39, 0.29) is 0 Å². The lowest BCUT2D eigenvalue weighted by Crippen LogP contribution is -2.10. The van der Waals surface area contributed by atoms with Crippen LogP contribution in [0.25, 0.3) is 0 Å². The van der Waals surface area contributed by atoms with Crippen LogP contribution >= 0.6 is 0 Å². The van der Waals surface area contributed by atoms with Gasteiger partial charge in [0.25, 0.3) is 0 Å². The summed E-state index contributed by atoms with van der Waals surface area (Å²) >= 11 is 0. The highest BCUT2D eigenvalue weighted by molar-refractivity contribution is 5.21. The van der Waals surface area contributed by atoms with Gasteiger partial charge in [0.2, 0.25) is 0 Å². The third-order valence-corrected chi connectivity index (χ3v) is 4.59. The van der Waals surface area contributed by atoms with Crippen molar-refractivity contribution in [1.82, 2.24) is 0 Å². The molecule has 0 aliphatic heterocycles. The lowest BCUT2D eigenvalue weighted by molar-refractivity contribution is 0.369. The molecule has 0 aromatic rings. The summed E-state index contributed by atoms with van der Waals surface area (Å²) in [7, 11) is 0. The first-order valence-electron chi connectivity index (χ1n) is 6.59. The summed E-state index contributed by atoms with van der Waals surface area (Å²) < 4.78 is 0. The zero-order chi connectivity index (χ0) is 11.2. The number of rotatable bonds is 1. The van der Waals surface area contributed by atoms with Crippen LogP contribution in [0.3, 0.4) is 0 Å². The fourth-order valence-corrected chi connectivity index (χ4v) is 3.35. The summed E-state index contributed by atoms with van der Waals surface area (Å²) in [5.41, 5.74) is 2.14. The molecule has 3 atom stereocenters. The Labute approximate surface area is 95.1 Å². The minimum absolute atomic E-state index is 0.414. The first-order valence-corrected chi connectivity index (χ1v) is 6.59. The Morgan fingerprint density at radius 2 is 1.87 bits per heavy atom. The van der Waals surface area contributed by atoms with Crippen molar-refractivity contribution in [2.24, 2.45) is 29.1 Å². The van der Waals surface area contributed by atoms with Crippen molar-refractivity contribution in [3.8, 4) is 0 Å². The maximum absolute atomic E-state index is 2.62. The lowest BCUT2D eigenvalue weighted by Gasteiger charge is -2.22. The largest absolute Gasteiger partial charge is 0.0814 e. The fourth-order valence-electron chi connectivity index (χ4n) is 3.35. The zero-order valence-corrected chi connectivity index (χ0v) is 11.0. The van der Waals surface area contributed by atoms with Crippen LogP contribution in [0.1, 0.15) is 53.9 Å². The average molecular weight is 206 g/mol. The van der Waals surface area contributed by atoms with Crippen molar-refractivity contribution in [2.75, 3.05) is 0 Å². The van der Waals surface area contributed by atoms with E-state index in [0.29, 0.717) is 5.41 Å². The molecule has 1 saturated carbocycles. The first kappa shape index (κ1) is 11.2. The maximum atomic E-state index is 2.62. The van der Waals surface area contributed by atoms with Gasteiger partial charge in [0.1, 0.15) is 0 Å². The van der Waals surface area contributed by atoms with E-state index < -0.39 is 0 Å². The summed E-state index contributed by atoms with van der Waals surface area (Å²) in [4.78, 5) is 0. The third kappa shape index (κ3) is 2.14. The predicted molar refractivity (Wildman–Crippen MR) is 66.7 cm³/mol. The lowest BCUT2D eigenvalue weighted by atomic mass is 9.83. The first-order chi connectivity index (χ1) is 6.88. The molecule has 0 radical (unpaired) electrons. The van der Waals surface area contributed by atoms with Gasteiger partial charge in [-0.1, -0.05) is 46.3 Å². The molecular weight excluding hydrogens is 180 g/mol. The Morgan fingerprint density at radius 3 is 2.33 bits per heavy atom. The second kappa shape index (κ2) is 3.64. The van der Waals surface area contributed by atoms with E-state index in [2.05, 4.69) is 40.7 Å². The smallest absolute Gasteiger partial charge is 0.0173 e. The second-order valence-corrected chi connectivity index (χ2v) is 7.05. The van der Waals surface area contributed by atoms with Gasteiger partial charge >= 0.3 is 0 Å². The topological polar surface area (TPSA) is 0 Å². The van der Waals surface area contributed by atoms with Crippen LogP contribution in [-0.2, 0) is 0 Å². The van der Waals surface area contributed by atoms with E-state index in [9.17, 15) is 0 Å². The van der Waals surface area contributed by atoms with Gasteiger partial charge in [-0.05, 0) is 48.3 Å². The number of hydrogen-bond donors (Lipinski definition) is 0. The molecular formula is C15H26. The summed E-state index contributed by atoms with van der Waals surface area (Å²) in [6, 6.07) is 0. The van der Waals surface area contributed by atoms with Crippen LogP contribution in [0.5, 0.6) is 0 Å². The van der Waals surface area contributed by atoms with E-state index in [1.165, 1.54) is 19.3 Å². The average Bonchev–Trinajstić information content (AvgIpc) is 2.55. The van der Waals surface area contributed by atoms with Gasteiger partial charge in [-0.2, -0.15) is 0 Å². The fraction of sp³-hybridized carbons (Fsp3) is 0.867. The van der Waals surface area contributed by atoms with Crippen LogP contribution in [0.2, 0.25) is 0 Å². The molecule has 0 heteroatoms. The number of hydrogen-bond acceptors (Lipinski definition) is 0.